The first-order chi connectivity index (χ1) is 16.2. The molecule has 3 aromatic rings. The molecular formula is C27H32N4OS. The van der Waals surface area contributed by atoms with Gasteiger partial charge in [-0.2, -0.15) is 0 Å². The summed E-state index contributed by atoms with van der Waals surface area (Å²) in [5, 5.41) is 1.24. The molecule has 6 heteroatoms. The summed E-state index contributed by atoms with van der Waals surface area (Å²) in [5.41, 5.74) is 2.35. The normalized spacial score (nSPS) is 19.0. The predicted molar refractivity (Wildman–Crippen MR) is 137 cm³/mol. The molecule has 0 radical (unpaired) electrons. The zero-order valence-electron chi connectivity index (χ0n) is 19.1. The van der Waals surface area contributed by atoms with E-state index < -0.39 is 0 Å². The van der Waals surface area contributed by atoms with Crippen molar-refractivity contribution in [2.24, 2.45) is 0 Å². The Morgan fingerprint density at radius 1 is 0.909 bits per heavy atom. The molecule has 0 N–H and O–H groups in total. The van der Waals surface area contributed by atoms with Crippen LogP contribution in [-0.2, 0) is 4.79 Å². The second-order valence-electron chi connectivity index (χ2n) is 9.06. The molecule has 2 saturated heterocycles. The predicted octanol–water partition coefficient (Wildman–Crippen LogP) is 4.33. The Kier molecular flexibility index (Phi) is 7.15. The number of piperidine rings is 1. The average Bonchev–Trinajstić information content (AvgIpc) is 3.30. The molecule has 5 nitrogen and oxygen atoms in total. The number of amides is 1. The van der Waals surface area contributed by atoms with Gasteiger partial charge in [0, 0.05) is 51.7 Å². The SMILES string of the molecule is O=C(CN1CCN(C/C=C/c2ccccc2)CC1)N1CCC(c2nc3ccccc3s2)CC1. The average molecular weight is 461 g/mol. The van der Waals surface area contributed by atoms with Crippen molar-refractivity contribution in [1.82, 2.24) is 19.7 Å². The zero-order chi connectivity index (χ0) is 22.5. The second kappa shape index (κ2) is 10.6. The van der Waals surface area contributed by atoms with Crippen molar-refractivity contribution in [3.8, 4) is 0 Å². The maximum Gasteiger partial charge on any atom is 0.236 e. The summed E-state index contributed by atoms with van der Waals surface area (Å²) in [5.74, 6) is 0.772. The third kappa shape index (κ3) is 5.69. The number of benzene rings is 2. The fourth-order valence-electron chi connectivity index (χ4n) is 4.76. The zero-order valence-corrected chi connectivity index (χ0v) is 19.9. The van der Waals surface area contributed by atoms with Gasteiger partial charge >= 0.3 is 0 Å². The molecule has 33 heavy (non-hydrogen) atoms. The van der Waals surface area contributed by atoms with Crippen LogP contribution in [0.2, 0.25) is 0 Å². The molecule has 3 heterocycles. The smallest absolute Gasteiger partial charge is 0.236 e. The molecular weight excluding hydrogens is 428 g/mol. The molecule has 0 saturated carbocycles. The van der Waals surface area contributed by atoms with Crippen molar-refractivity contribution in [3.63, 3.8) is 0 Å². The highest BCUT2D eigenvalue weighted by molar-refractivity contribution is 7.18. The Bertz CT molecular complexity index is 1050. The van der Waals surface area contributed by atoms with E-state index in [1.54, 1.807) is 0 Å². The van der Waals surface area contributed by atoms with Crippen molar-refractivity contribution in [1.29, 1.82) is 0 Å². The summed E-state index contributed by atoms with van der Waals surface area (Å²) < 4.78 is 1.26. The number of rotatable bonds is 6. The number of nitrogens with zero attached hydrogens (tertiary/aromatic N) is 4. The van der Waals surface area contributed by atoms with Gasteiger partial charge in [-0.1, -0.05) is 54.6 Å². The van der Waals surface area contributed by atoms with Crippen LogP contribution in [0, 0.1) is 0 Å². The van der Waals surface area contributed by atoms with E-state index in [-0.39, 0.29) is 5.91 Å². The number of para-hydroxylation sites is 1. The van der Waals surface area contributed by atoms with E-state index in [0.29, 0.717) is 12.5 Å². The van der Waals surface area contributed by atoms with Crippen molar-refractivity contribution in [2.45, 2.75) is 18.8 Å². The summed E-state index contributed by atoms with van der Waals surface area (Å²) in [7, 11) is 0. The van der Waals surface area contributed by atoms with Crippen LogP contribution in [0.15, 0.2) is 60.7 Å². The molecule has 172 valence electrons. The number of carbonyl (C=O) groups excluding carboxylic acids is 1. The van der Waals surface area contributed by atoms with Crippen molar-refractivity contribution < 1.29 is 4.79 Å². The Morgan fingerprint density at radius 3 is 2.36 bits per heavy atom. The van der Waals surface area contributed by atoms with Gasteiger partial charge < -0.3 is 4.90 Å². The van der Waals surface area contributed by atoms with Gasteiger partial charge in [-0.15, -0.1) is 11.3 Å². The number of likely N-dealkylation sites (tertiary alicyclic amines) is 1. The highest BCUT2D eigenvalue weighted by atomic mass is 32.1. The molecule has 0 atom stereocenters. The summed E-state index contributed by atoms with van der Waals surface area (Å²) in [4.78, 5) is 24.6. The monoisotopic (exact) mass is 460 g/mol. The summed E-state index contributed by atoms with van der Waals surface area (Å²) in [6.07, 6.45) is 6.47. The van der Waals surface area contributed by atoms with Gasteiger partial charge in [0.15, 0.2) is 0 Å². The maximum atomic E-state index is 12.9. The molecule has 2 aliphatic heterocycles. The second-order valence-corrected chi connectivity index (χ2v) is 10.1. The van der Waals surface area contributed by atoms with E-state index in [2.05, 4.69) is 69.3 Å². The molecule has 0 aliphatic carbocycles. The molecule has 2 aliphatic rings. The van der Waals surface area contributed by atoms with Crippen LogP contribution >= 0.6 is 11.3 Å². The number of fused-ring (bicyclic) bond motifs is 1. The van der Waals surface area contributed by atoms with Crippen molar-refractivity contribution in [3.05, 3.63) is 71.2 Å². The third-order valence-corrected chi connectivity index (χ3v) is 8.00. The molecule has 5 rings (SSSR count). The molecule has 0 spiro atoms. The Balaban J connectivity index is 1.04. The van der Waals surface area contributed by atoms with E-state index in [0.717, 1.165) is 64.2 Å². The lowest BCUT2D eigenvalue weighted by Crippen LogP contribution is -2.50. The van der Waals surface area contributed by atoms with E-state index in [1.165, 1.54) is 15.3 Å². The first kappa shape index (κ1) is 22.3. The van der Waals surface area contributed by atoms with Crippen LogP contribution < -0.4 is 0 Å². The van der Waals surface area contributed by atoms with Crippen molar-refractivity contribution >= 4 is 33.5 Å². The number of hydrogen-bond donors (Lipinski definition) is 0. The van der Waals surface area contributed by atoms with Gasteiger partial charge in [-0.25, -0.2) is 4.98 Å². The molecule has 1 aromatic heterocycles. The summed E-state index contributed by atoms with van der Waals surface area (Å²) in [6.45, 7) is 7.20. The van der Waals surface area contributed by atoms with E-state index in [4.69, 9.17) is 4.98 Å². The van der Waals surface area contributed by atoms with Crippen LogP contribution in [0.1, 0.15) is 29.3 Å². The minimum Gasteiger partial charge on any atom is -0.342 e. The minimum atomic E-state index is 0.287. The molecule has 2 fully saturated rings. The van der Waals surface area contributed by atoms with Crippen LogP contribution in [-0.4, -0.2) is 77.9 Å². The molecule has 0 bridgehead atoms. The maximum absolute atomic E-state index is 12.9. The highest BCUT2D eigenvalue weighted by Gasteiger charge is 2.27. The largest absolute Gasteiger partial charge is 0.342 e. The lowest BCUT2D eigenvalue weighted by Gasteiger charge is -2.36. The third-order valence-electron chi connectivity index (χ3n) is 6.80. The van der Waals surface area contributed by atoms with Crippen LogP contribution in [0.3, 0.4) is 0 Å². The Hall–Kier alpha value is -2.54. The number of carbonyl (C=O) groups is 1. The van der Waals surface area contributed by atoms with Crippen LogP contribution in [0.4, 0.5) is 0 Å². The Labute approximate surface area is 200 Å². The van der Waals surface area contributed by atoms with Gasteiger partial charge in [0.2, 0.25) is 5.91 Å². The first-order valence-corrected chi connectivity index (χ1v) is 12.9. The summed E-state index contributed by atoms with van der Waals surface area (Å²) >= 11 is 1.81. The standard InChI is InChI=1S/C27H32N4OS/c32-26(21-30-19-17-29(18-20-30)14-6-9-22-7-2-1-3-8-22)31-15-12-23(13-16-31)27-28-24-10-4-5-11-25(24)33-27/h1-11,23H,12-21H2/b9-6+. The van der Waals surface area contributed by atoms with Gasteiger partial charge in [-0.3, -0.25) is 14.6 Å². The van der Waals surface area contributed by atoms with Gasteiger partial charge in [-0.05, 0) is 30.5 Å². The topological polar surface area (TPSA) is 39.7 Å². The van der Waals surface area contributed by atoms with Gasteiger partial charge in [0.25, 0.3) is 0 Å². The quantitative estimate of drug-likeness (QED) is 0.549. The van der Waals surface area contributed by atoms with E-state index in [9.17, 15) is 4.79 Å². The van der Waals surface area contributed by atoms with Crippen molar-refractivity contribution in [2.75, 3.05) is 52.4 Å². The van der Waals surface area contributed by atoms with Gasteiger partial charge in [0.1, 0.15) is 0 Å². The minimum absolute atomic E-state index is 0.287. The lowest BCUT2D eigenvalue weighted by atomic mass is 9.97. The Morgan fingerprint density at radius 2 is 1.61 bits per heavy atom. The number of aromatic nitrogens is 1. The number of piperazine rings is 1. The fourth-order valence-corrected chi connectivity index (χ4v) is 5.90. The lowest BCUT2D eigenvalue weighted by molar-refractivity contribution is -0.133. The summed E-state index contributed by atoms with van der Waals surface area (Å²) in [6, 6.07) is 18.8. The van der Waals surface area contributed by atoms with E-state index >= 15 is 0 Å². The molecule has 0 unspecified atom stereocenters. The first-order valence-electron chi connectivity index (χ1n) is 12.0. The van der Waals surface area contributed by atoms with E-state index in [1.807, 2.05) is 23.5 Å². The molecule has 2 aromatic carbocycles. The van der Waals surface area contributed by atoms with Crippen LogP contribution in [0.25, 0.3) is 16.3 Å². The van der Waals surface area contributed by atoms with Crippen LogP contribution in [0.5, 0.6) is 0 Å². The fraction of sp³-hybridized carbons (Fsp3) is 0.407. The van der Waals surface area contributed by atoms with Gasteiger partial charge in [0.05, 0.1) is 21.8 Å². The molecule has 1 amide bonds. The highest BCUT2D eigenvalue weighted by Crippen LogP contribution is 2.33. The number of thiazole rings is 1. The number of hydrogen-bond acceptors (Lipinski definition) is 5.